The maximum absolute atomic E-state index is 11.8. The Hall–Kier alpha value is -1.93. The van der Waals surface area contributed by atoms with Gasteiger partial charge >= 0.3 is 0 Å². The van der Waals surface area contributed by atoms with Crippen molar-refractivity contribution in [3.05, 3.63) is 35.9 Å². The summed E-state index contributed by atoms with van der Waals surface area (Å²) in [5, 5.41) is 5.14. The molecule has 0 spiro atoms. The number of carbonyl (C=O) groups is 2. The summed E-state index contributed by atoms with van der Waals surface area (Å²) < 4.78 is 25.0. The Labute approximate surface area is 136 Å². The summed E-state index contributed by atoms with van der Waals surface area (Å²) in [5.41, 5.74) is 0.486. The number of amides is 2. The van der Waals surface area contributed by atoms with Crippen molar-refractivity contribution in [2.75, 3.05) is 31.9 Å². The van der Waals surface area contributed by atoms with Crippen molar-refractivity contribution >= 4 is 21.8 Å². The summed E-state index contributed by atoms with van der Waals surface area (Å²) in [6.45, 7) is 0.864. The fraction of sp³-hybridized carbons (Fsp3) is 0.467. The van der Waals surface area contributed by atoms with Crippen molar-refractivity contribution in [3.63, 3.8) is 0 Å². The van der Waals surface area contributed by atoms with Crippen LogP contribution in [0.2, 0.25) is 0 Å². The lowest BCUT2D eigenvalue weighted by molar-refractivity contribution is -0.120. The second kappa shape index (κ2) is 8.07. The highest BCUT2D eigenvalue weighted by atomic mass is 32.2. The van der Waals surface area contributed by atoms with E-state index in [1.54, 1.807) is 30.3 Å². The molecule has 0 bridgehead atoms. The third-order valence-corrected chi connectivity index (χ3v) is 5.54. The Morgan fingerprint density at radius 2 is 1.83 bits per heavy atom. The highest BCUT2D eigenvalue weighted by molar-refractivity contribution is 7.89. The standard InChI is InChI=1S/C15H21N3O4S/c19-14(12-17-15(20)13-6-2-1-3-7-13)16-8-10-18-9-4-5-11-23(18,21)22/h1-3,6-7H,4-5,8-12H2,(H,16,19)(H,17,20). The molecular weight excluding hydrogens is 318 g/mol. The Morgan fingerprint density at radius 3 is 2.52 bits per heavy atom. The van der Waals surface area contributed by atoms with Gasteiger partial charge in [0.15, 0.2) is 0 Å². The van der Waals surface area contributed by atoms with E-state index >= 15 is 0 Å². The Kier molecular flexibility index (Phi) is 6.12. The molecule has 0 radical (unpaired) electrons. The van der Waals surface area contributed by atoms with Gasteiger partial charge in [0.1, 0.15) is 0 Å². The molecule has 0 saturated carbocycles. The van der Waals surface area contributed by atoms with Crippen molar-refractivity contribution in [2.24, 2.45) is 0 Å². The zero-order chi connectivity index (χ0) is 16.7. The average molecular weight is 339 g/mol. The average Bonchev–Trinajstić information content (AvgIpc) is 2.55. The second-order valence-corrected chi connectivity index (χ2v) is 7.41. The molecule has 1 saturated heterocycles. The van der Waals surface area contributed by atoms with Crippen LogP contribution in [-0.4, -0.2) is 56.5 Å². The van der Waals surface area contributed by atoms with Crippen LogP contribution in [0.15, 0.2) is 30.3 Å². The third-order valence-electron chi connectivity index (χ3n) is 3.58. The fourth-order valence-electron chi connectivity index (χ4n) is 2.33. The molecule has 1 heterocycles. The Bertz CT molecular complexity index is 646. The van der Waals surface area contributed by atoms with E-state index < -0.39 is 10.0 Å². The van der Waals surface area contributed by atoms with Crippen molar-refractivity contribution in [3.8, 4) is 0 Å². The smallest absolute Gasteiger partial charge is 0.251 e. The topological polar surface area (TPSA) is 95.6 Å². The minimum atomic E-state index is -3.17. The van der Waals surface area contributed by atoms with Crippen molar-refractivity contribution in [2.45, 2.75) is 12.8 Å². The van der Waals surface area contributed by atoms with Crippen LogP contribution in [0.5, 0.6) is 0 Å². The van der Waals surface area contributed by atoms with Crippen molar-refractivity contribution in [1.82, 2.24) is 14.9 Å². The molecule has 1 aliphatic heterocycles. The van der Waals surface area contributed by atoms with Gasteiger partial charge in [-0.2, -0.15) is 0 Å². The summed E-state index contributed by atoms with van der Waals surface area (Å²) in [4.78, 5) is 23.5. The molecule has 7 nitrogen and oxygen atoms in total. The Balaban J connectivity index is 1.68. The highest BCUT2D eigenvalue weighted by Gasteiger charge is 2.25. The lowest BCUT2D eigenvalue weighted by atomic mass is 10.2. The van der Waals surface area contributed by atoms with Crippen LogP contribution in [0.3, 0.4) is 0 Å². The van der Waals surface area contributed by atoms with E-state index in [0.717, 1.165) is 6.42 Å². The van der Waals surface area contributed by atoms with Gasteiger partial charge in [-0.1, -0.05) is 18.2 Å². The zero-order valence-corrected chi connectivity index (χ0v) is 13.6. The number of hydrogen-bond donors (Lipinski definition) is 2. The van der Waals surface area contributed by atoms with Gasteiger partial charge in [-0.25, -0.2) is 12.7 Å². The molecule has 1 aliphatic rings. The molecule has 0 atom stereocenters. The van der Waals surface area contributed by atoms with Gasteiger partial charge in [0.25, 0.3) is 5.91 Å². The van der Waals surface area contributed by atoms with Gasteiger partial charge in [0, 0.05) is 25.2 Å². The SMILES string of the molecule is O=C(CNC(=O)c1ccccc1)NCCN1CCCCS1(=O)=O. The van der Waals surface area contributed by atoms with E-state index in [1.165, 1.54) is 4.31 Å². The number of nitrogens with one attached hydrogen (secondary N) is 2. The van der Waals surface area contributed by atoms with E-state index in [4.69, 9.17) is 0 Å². The van der Waals surface area contributed by atoms with Gasteiger partial charge in [0.05, 0.1) is 12.3 Å². The molecule has 8 heteroatoms. The lowest BCUT2D eigenvalue weighted by Gasteiger charge is -2.26. The largest absolute Gasteiger partial charge is 0.353 e. The quantitative estimate of drug-likeness (QED) is 0.760. The van der Waals surface area contributed by atoms with Gasteiger partial charge < -0.3 is 10.6 Å². The lowest BCUT2D eigenvalue weighted by Crippen LogP contribution is -2.44. The first-order valence-electron chi connectivity index (χ1n) is 7.57. The van der Waals surface area contributed by atoms with Crippen LogP contribution in [0, 0.1) is 0 Å². The number of benzene rings is 1. The number of hydrogen-bond acceptors (Lipinski definition) is 4. The number of rotatable bonds is 6. The van der Waals surface area contributed by atoms with Crippen LogP contribution in [0.25, 0.3) is 0 Å². The van der Waals surface area contributed by atoms with E-state index in [9.17, 15) is 18.0 Å². The number of nitrogens with zero attached hydrogens (tertiary/aromatic N) is 1. The molecule has 1 aromatic rings. The predicted octanol–water partition coefficient (Wildman–Crippen LogP) is -0.0418. The van der Waals surface area contributed by atoms with Gasteiger partial charge in [-0.3, -0.25) is 9.59 Å². The van der Waals surface area contributed by atoms with Gasteiger partial charge in [-0.05, 0) is 25.0 Å². The van der Waals surface area contributed by atoms with Crippen LogP contribution in [0.4, 0.5) is 0 Å². The fourth-order valence-corrected chi connectivity index (χ4v) is 3.93. The first-order chi connectivity index (χ1) is 11.0. The summed E-state index contributed by atoms with van der Waals surface area (Å²) in [5.74, 6) is -0.489. The minimum absolute atomic E-state index is 0.138. The normalized spacial score (nSPS) is 17.4. The molecule has 126 valence electrons. The second-order valence-electron chi connectivity index (χ2n) is 5.32. The molecule has 23 heavy (non-hydrogen) atoms. The van der Waals surface area contributed by atoms with Crippen LogP contribution in [-0.2, 0) is 14.8 Å². The molecule has 2 rings (SSSR count). The maximum Gasteiger partial charge on any atom is 0.251 e. The van der Waals surface area contributed by atoms with Crippen molar-refractivity contribution < 1.29 is 18.0 Å². The number of carbonyl (C=O) groups excluding carboxylic acids is 2. The van der Waals surface area contributed by atoms with E-state index in [-0.39, 0.29) is 37.2 Å². The molecular formula is C15H21N3O4S. The minimum Gasteiger partial charge on any atom is -0.353 e. The van der Waals surface area contributed by atoms with Gasteiger partial charge in [-0.15, -0.1) is 0 Å². The first kappa shape index (κ1) is 17.4. The molecule has 0 aliphatic carbocycles. The van der Waals surface area contributed by atoms with Crippen LogP contribution < -0.4 is 10.6 Å². The van der Waals surface area contributed by atoms with Gasteiger partial charge in [0.2, 0.25) is 15.9 Å². The summed E-state index contributed by atoms with van der Waals surface area (Å²) >= 11 is 0. The highest BCUT2D eigenvalue weighted by Crippen LogP contribution is 2.12. The van der Waals surface area contributed by atoms with E-state index in [2.05, 4.69) is 10.6 Å². The summed E-state index contributed by atoms with van der Waals surface area (Å²) in [6, 6.07) is 8.61. The van der Waals surface area contributed by atoms with E-state index in [0.29, 0.717) is 18.5 Å². The first-order valence-corrected chi connectivity index (χ1v) is 9.18. The molecule has 2 amide bonds. The molecule has 0 unspecified atom stereocenters. The zero-order valence-electron chi connectivity index (χ0n) is 12.8. The molecule has 1 fully saturated rings. The third kappa shape index (κ3) is 5.33. The summed E-state index contributed by atoms with van der Waals surface area (Å²) in [6.07, 6.45) is 1.54. The Morgan fingerprint density at radius 1 is 1.09 bits per heavy atom. The van der Waals surface area contributed by atoms with E-state index in [1.807, 2.05) is 0 Å². The van der Waals surface area contributed by atoms with Crippen LogP contribution in [0.1, 0.15) is 23.2 Å². The summed E-state index contributed by atoms with van der Waals surface area (Å²) in [7, 11) is -3.17. The molecule has 2 N–H and O–H groups in total. The van der Waals surface area contributed by atoms with Crippen LogP contribution >= 0.6 is 0 Å². The maximum atomic E-state index is 11.8. The van der Waals surface area contributed by atoms with Crippen molar-refractivity contribution in [1.29, 1.82) is 0 Å². The molecule has 0 aromatic heterocycles. The predicted molar refractivity (Wildman–Crippen MR) is 86.4 cm³/mol. The monoisotopic (exact) mass is 339 g/mol. The molecule has 1 aromatic carbocycles. The number of sulfonamides is 1.